The molecular formula is C12H13N3O. The minimum atomic E-state index is 0.145. The van der Waals surface area contributed by atoms with Crippen LogP contribution in [-0.2, 0) is 0 Å². The largest absolute Gasteiger partial charge is 0.508 e. The molecule has 0 saturated heterocycles. The van der Waals surface area contributed by atoms with Gasteiger partial charge in [0.15, 0.2) is 0 Å². The van der Waals surface area contributed by atoms with E-state index in [-0.39, 0.29) is 11.8 Å². The molecule has 82 valence electrons. The number of rotatable bonds is 3. The molecule has 0 amide bonds. The Labute approximate surface area is 94.0 Å². The predicted octanol–water partition coefficient (Wildman–Crippen LogP) is 2.36. The molecule has 0 saturated carbocycles. The van der Waals surface area contributed by atoms with E-state index < -0.39 is 0 Å². The first-order chi connectivity index (χ1) is 7.75. The number of anilines is 1. The molecule has 0 aliphatic carbocycles. The first-order valence-corrected chi connectivity index (χ1v) is 5.06. The van der Waals surface area contributed by atoms with Crippen molar-refractivity contribution in [2.45, 2.75) is 13.0 Å². The van der Waals surface area contributed by atoms with Gasteiger partial charge in [0.1, 0.15) is 12.1 Å². The maximum atomic E-state index is 9.19. The maximum Gasteiger partial charge on any atom is 0.115 e. The van der Waals surface area contributed by atoms with Crippen LogP contribution in [0, 0.1) is 0 Å². The van der Waals surface area contributed by atoms with Crippen LogP contribution in [0.15, 0.2) is 43.0 Å². The van der Waals surface area contributed by atoms with Crippen LogP contribution in [0.1, 0.15) is 18.5 Å². The zero-order valence-electron chi connectivity index (χ0n) is 8.96. The van der Waals surface area contributed by atoms with Crippen molar-refractivity contribution < 1.29 is 5.11 Å². The molecule has 0 radical (unpaired) electrons. The second-order valence-electron chi connectivity index (χ2n) is 3.58. The van der Waals surface area contributed by atoms with E-state index in [4.69, 9.17) is 0 Å². The maximum absolute atomic E-state index is 9.19. The Morgan fingerprint density at radius 1 is 1.12 bits per heavy atom. The molecule has 2 aromatic rings. The quantitative estimate of drug-likeness (QED) is 0.825. The number of nitrogens with zero attached hydrogens (tertiary/aromatic N) is 2. The molecule has 0 fully saturated rings. The van der Waals surface area contributed by atoms with Gasteiger partial charge < -0.3 is 10.4 Å². The molecule has 0 bridgehead atoms. The van der Waals surface area contributed by atoms with Crippen molar-refractivity contribution in [1.29, 1.82) is 0 Å². The van der Waals surface area contributed by atoms with Gasteiger partial charge in [-0.25, -0.2) is 9.97 Å². The SMILES string of the molecule is CC(Nc1cncnc1)c1ccc(O)cc1. The lowest BCUT2D eigenvalue weighted by molar-refractivity contribution is 0.475. The summed E-state index contributed by atoms with van der Waals surface area (Å²) in [7, 11) is 0. The van der Waals surface area contributed by atoms with Gasteiger partial charge in [0.2, 0.25) is 0 Å². The average Bonchev–Trinajstić information content (AvgIpc) is 2.31. The Kier molecular flexibility index (Phi) is 3.00. The second-order valence-corrected chi connectivity index (χ2v) is 3.58. The summed E-state index contributed by atoms with van der Waals surface area (Å²) in [5.41, 5.74) is 1.98. The van der Waals surface area contributed by atoms with Gasteiger partial charge in [0.05, 0.1) is 18.1 Å². The molecule has 2 rings (SSSR count). The summed E-state index contributed by atoms with van der Waals surface area (Å²) in [6.07, 6.45) is 4.95. The van der Waals surface area contributed by atoms with Crippen LogP contribution < -0.4 is 5.32 Å². The topological polar surface area (TPSA) is 58.0 Å². The number of benzene rings is 1. The number of aromatic nitrogens is 2. The Morgan fingerprint density at radius 3 is 2.38 bits per heavy atom. The highest BCUT2D eigenvalue weighted by atomic mass is 16.3. The highest BCUT2D eigenvalue weighted by Crippen LogP contribution is 2.19. The summed E-state index contributed by atoms with van der Waals surface area (Å²) >= 11 is 0. The van der Waals surface area contributed by atoms with E-state index >= 15 is 0 Å². The van der Waals surface area contributed by atoms with Gasteiger partial charge in [-0.1, -0.05) is 12.1 Å². The third kappa shape index (κ3) is 2.48. The summed E-state index contributed by atoms with van der Waals surface area (Å²) in [5, 5.41) is 12.5. The normalized spacial score (nSPS) is 12.1. The first kappa shape index (κ1) is 10.4. The summed E-state index contributed by atoms with van der Waals surface area (Å²) in [6, 6.07) is 7.27. The molecule has 16 heavy (non-hydrogen) atoms. The van der Waals surface area contributed by atoms with Gasteiger partial charge >= 0.3 is 0 Å². The third-order valence-electron chi connectivity index (χ3n) is 2.34. The van der Waals surface area contributed by atoms with Gasteiger partial charge in [-0.05, 0) is 24.6 Å². The van der Waals surface area contributed by atoms with Crippen LogP contribution in [0.4, 0.5) is 5.69 Å². The van der Waals surface area contributed by atoms with E-state index in [1.807, 2.05) is 19.1 Å². The van der Waals surface area contributed by atoms with Crippen LogP contribution in [-0.4, -0.2) is 15.1 Å². The molecule has 4 heteroatoms. The van der Waals surface area contributed by atoms with Gasteiger partial charge in [-0.2, -0.15) is 0 Å². The van der Waals surface area contributed by atoms with Crippen LogP contribution >= 0.6 is 0 Å². The van der Waals surface area contributed by atoms with Crippen molar-refractivity contribution in [2.75, 3.05) is 5.32 Å². The number of aromatic hydroxyl groups is 1. The molecule has 1 aromatic heterocycles. The van der Waals surface area contributed by atoms with Gasteiger partial charge in [-0.3, -0.25) is 0 Å². The number of nitrogens with one attached hydrogen (secondary N) is 1. The van der Waals surface area contributed by atoms with Crippen molar-refractivity contribution in [1.82, 2.24) is 9.97 Å². The zero-order valence-corrected chi connectivity index (χ0v) is 8.96. The number of hydrogen-bond donors (Lipinski definition) is 2. The number of hydrogen-bond acceptors (Lipinski definition) is 4. The van der Waals surface area contributed by atoms with E-state index in [1.54, 1.807) is 24.5 Å². The smallest absolute Gasteiger partial charge is 0.115 e. The lowest BCUT2D eigenvalue weighted by Crippen LogP contribution is -2.06. The summed E-state index contributed by atoms with van der Waals surface area (Å²) in [5.74, 6) is 0.277. The van der Waals surface area contributed by atoms with Crippen LogP contribution in [0.5, 0.6) is 5.75 Å². The molecule has 4 nitrogen and oxygen atoms in total. The van der Waals surface area contributed by atoms with E-state index in [1.165, 1.54) is 6.33 Å². The molecule has 1 unspecified atom stereocenters. The predicted molar refractivity (Wildman–Crippen MR) is 62.2 cm³/mol. The van der Waals surface area contributed by atoms with Crippen molar-refractivity contribution in [3.05, 3.63) is 48.5 Å². The van der Waals surface area contributed by atoms with Gasteiger partial charge in [0, 0.05) is 6.04 Å². The van der Waals surface area contributed by atoms with Gasteiger partial charge in [0.25, 0.3) is 0 Å². The minimum Gasteiger partial charge on any atom is -0.508 e. The van der Waals surface area contributed by atoms with Crippen molar-refractivity contribution in [3.63, 3.8) is 0 Å². The highest BCUT2D eigenvalue weighted by molar-refractivity contribution is 5.41. The lowest BCUT2D eigenvalue weighted by atomic mass is 10.1. The second kappa shape index (κ2) is 4.61. The van der Waals surface area contributed by atoms with Crippen molar-refractivity contribution in [3.8, 4) is 5.75 Å². The molecule has 0 spiro atoms. The van der Waals surface area contributed by atoms with Crippen molar-refractivity contribution >= 4 is 5.69 Å². The molecule has 0 aliphatic heterocycles. The average molecular weight is 215 g/mol. The minimum absolute atomic E-state index is 0.145. The zero-order chi connectivity index (χ0) is 11.4. The Balaban J connectivity index is 2.09. The fourth-order valence-electron chi connectivity index (χ4n) is 1.47. The molecule has 0 aliphatic rings. The Morgan fingerprint density at radius 2 is 1.75 bits per heavy atom. The highest BCUT2D eigenvalue weighted by Gasteiger charge is 2.04. The summed E-state index contributed by atoms with van der Waals surface area (Å²) < 4.78 is 0. The summed E-state index contributed by atoms with van der Waals surface area (Å²) in [4.78, 5) is 7.86. The lowest BCUT2D eigenvalue weighted by Gasteiger charge is -2.14. The monoisotopic (exact) mass is 215 g/mol. The third-order valence-corrected chi connectivity index (χ3v) is 2.34. The number of phenols is 1. The molecule has 1 atom stereocenters. The van der Waals surface area contributed by atoms with Gasteiger partial charge in [-0.15, -0.1) is 0 Å². The van der Waals surface area contributed by atoms with E-state index in [2.05, 4.69) is 15.3 Å². The van der Waals surface area contributed by atoms with Crippen LogP contribution in [0.3, 0.4) is 0 Å². The number of phenolic OH excluding ortho intramolecular Hbond substituents is 1. The fourth-order valence-corrected chi connectivity index (χ4v) is 1.47. The first-order valence-electron chi connectivity index (χ1n) is 5.06. The molecule has 1 aromatic carbocycles. The summed E-state index contributed by atoms with van der Waals surface area (Å²) in [6.45, 7) is 2.04. The molecule has 2 N–H and O–H groups in total. The van der Waals surface area contributed by atoms with E-state index in [9.17, 15) is 5.11 Å². The van der Waals surface area contributed by atoms with Crippen molar-refractivity contribution in [2.24, 2.45) is 0 Å². The van der Waals surface area contributed by atoms with E-state index in [0.717, 1.165) is 11.3 Å². The molecular weight excluding hydrogens is 202 g/mol. The van der Waals surface area contributed by atoms with E-state index in [0.29, 0.717) is 0 Å². The standard InChI is InChI=1S/C12H13N3O/c1-9(10-2-4-12(16)5-3-10)15-11-6-13-8-14-7-11/h2-9,15-16H,1H3. The van der Waals surface area contributed by atoms with Crippen LogP contribution in [0.25, 0.3) is 0 Å². The Bertz CT molecular complexity index is 442. The molecule has 1 heterocycles. The Hall–Kier alpha value is -2.10. The van der Waals surface area contributed by atoms with Crippen LogP contribution in [0.2, 0.25) is 0 Å². The fraction of sp³-hybridized carbons (Fsp3) is 0.167.